The fourth-order valence-electron chi connectivity index (χ4n) is 1.86. The monoisotopic (exact) mass is 175 g/mol. The van der Waals surface area contributed by atoms with Crippen LogP contribution in [0.25, 0.3) is 11.6 Å². The van der Waals surface area contributed by atoms with Crippen molar-refractivity contribution < 1.29 is 29.6 Å². The zero-order valence-corrected chi connectivity index (χ0v) is 9.62. The third-order valence-corrected chi connectivity index (χ3v) is 2.41. The standard InChI is InChI=1S/C12H8.Na/c1-3-9-4-2-6-11-8-7-10(5-1)12(9)11;/h1-8H;/q-1;+1. The molecule has 2 aliphatic carbocycles. The third-order valence-electron chi connectivity index (χ3n) is 2.41. The molecule has 1 aromatic rings. The molecule has 0 aliphatic heterocycles. The number of rotatable bonds is 0. The van der Waals surface area contributed by atoms with Crippen molar-refractivity contribution in [3.8, 4) is 0 Å². The van der Waals surface area contributed by atoms with Gasteiger partial charge in [-0.25, -0.2) is 0 Å². The van der Waals surface area contributed by atoms with E-state index in [9.17, 15) is 0 Å². The van der Waals surface area contributed by atoms with Gasteiger partial charge >= 0.3 is 29.6 Å². The minimum absolute atomic E-state index is 0. The fraction of sp³-hybridized carbons (Fsp3) is 0. The van der Waals surface area contributed by atoms with Crippen molar-refractivity contribution >= 4 is 11.6 Å². The van der Waals surface area contributed by atoms with Crippen LogP contribution in [-0.2, 0) is 0 Å². The van der Waals surface area contributed by atoms with Crippen LogP contribution < -0.4 is 29.6 Å². The van der Waals surface area contributed by atoms with Crippen LogP contribution in [0.1, 0.15) is 16.7 Å². The van der Waals surface area contributed by atoms with E-state index in [0.717, 1.165) is 0 Å². The SMILES string of the molecule is [CH]1C=C2C=Cc3cccc(c32)[CH-]1.[Na+]. The number of allylic oxidation sites excluding steroid dienone is 3. The second-order valence-corrected chi connectivity index (χ2v) is 3.13. The van der Waals surface area contributed by atoms with E-state index in [1.807, 2.05) is 0 Å². The quantitative estimate of drug-likeness (QED) is 0.380. The van der Waals surface area contributed by atoms with E-state index < -0.39 is 0 Å². The van der Waals surface area contributed by atoms with E-state index in [1.165, 1.54) is 22.3 Å². The van der Waals surface area contributed by atoms with Gasteiger partial charge in [-0.1, -0.05) is 41.9 Å². The Morgan fingerprint density at radius 2 is 2.00 bits per heavy atom. The summed E-state index contributed by atoms with van der Waals surface area (Å²) in [7, 11) is 0. The molecule has 0 nitrogen and oxygen atoms in total. The Bertz CT molecular complexity index is 400. The van der Waals surface area contributed by atoms with Crippen LogP contribution in [0.2, 0.25) is 0 Å². The molecule has 0 atom stereocenters. The van der Waals surface area contributed by atoms with Gasteiger partial charge in [0.05, 0.1) is 0 Å². The molecule has 13 heavy (non-hydrogen) atoms. The van der Waals surface area contributed by atoms with Gasteiger partial charge in [-0.3, -0.25) is 0 Å². The zero-order valence-electron chi connectivity index (χ0n) is 7.62. The van der Waals surface area contributed by atoms with Crippen molar-refractivity contribution in [2.45, 2.75) is 0 Å². The molecular weight excluding hydrogens is 167 g/mol. The van der Waals surface area contributed by atoms with E-state index in [1.54, 1.807) is 0 Å². The zero-order chi connectivity index (χ0) is 7.97. The average Bonchev–Trinajstić information content (AvgIpc) is 2.52. The molecule has 1 radical (unpaired) electrons. The van der Waals surface area contributed by atoms with Crippen LogP contribution in [0.4, 0.5) is 0 Å². The Balaban J connectivity index is 0.000000653. The molecule has 0 N–H and O–H groups in total. The van der Waals surface area contributed by atoms with Gasteiger partial charge in [0.15, 0.2) is 0 Å². The summed E-state index contributed by atoms with van der Waals surface area (Å²) in [6, 6.07) is 6.43. The fourth-order valence-corrected chi connectivity index (χ4v) is 1.86. The number of hydrogen-bond acceptors (Lipinski definition) is 0. The first-order valence-electron chi connectivity index (χ1n) is 4.15. The van der Waals surface area contributed by atoms with Crippen LogP contribution >= 0.6 is 0 Å². The maximum Gasteiger partial charge on any atom is 1.00 e. The second kappa shape index (κ2) is 3.38. The van der Waals surface area contributed by atoms with Gasteiger partial charge in [0.2, 0.25) is 0 Å². The molecule has 0 heterocycles. The summed E-state index contributed by atoms with van der Waals surface area (Å²) in [4.78, 5) is 0. The molecule has 0 fully saturated rings. The van der Waals surface area contributed by atoms with Crippen molar-refractivity contribution in [1.29, 1.82) is 0 Å². The average molecular weight is 175 g/mol. The Kier molecular flexibility index (Phi) is 2.37. The van der Waals surface area contributed by atoms with Crippen molar-refractivity contribution in [2.75, 3.05) is 0 Å². The molecule has 0 bridgehead atoms. The van der Waals surface area contributed by atoms with Gasteiger partial charge in [-0.15, -0.1) is 11.6 Å². The summed E-state index contributed by atoms with van der Waals surface area (Å²) in [6.45, 7) is 0. The first-order valence-corrected chi connectivity index (χ1v) is 4.15. The minimum Gasteiger partial charge on any atom is -0.183 e. The van der Waals surface area contributed by atoms with Gasteiger partial charge in [-0.05, 0) is 0 Å². The van der Waals surface area contributed by atoms with Gasteiger partial charge < -0.3 is 0 Å². The van der Waals surface area contributed by atoms with Crippen LogP contribution in [0.15, 0.2) is 30.4 Å². The normalized spacial score (nSPS) is 15.5. The maximum atomic E-state index is 2.18. The van der Waals surface area contributed by atoms with Crippen molar-refractivity contribution in [2.24, 2.45) is 0 Å². The second-order valence-electron chi connectivity index (χ2n) is 3.13. The van der Waals surface area contributed by atoms with Crippen molar-refractivity contribution in [3.05, 3.63) is 59.9 Å². The molecule has 0 amide bonds. The van der Waals surface area contributed by atoms with Crippen LogP contribution in [0.5, 0.6) is 0 Å². The van der Waals surface area contributed by atoms with Gasteiger partial charge in [0, 0.05) is 0 Å². The predicted molar refractivity (Wildman–Crippen MR) is 51.2 cm³/mol. The van der Waals surface area contributed by atoms with Gasteiger partial charge in [-0.2, -0.15) is 18.1 Å². The molecule has 0 saturated carbocycles. The van der Waals surface area contributed by atoms with E-state index in [4.69, 9.17) is 0 Å². The first-order chi connectivity index (χ1) is 5.95. The molecule has 1 aromatic carbocycles. The summed E-state index contributed by atoms with van der Waals surface area (Å²) < 4.78 is 0. The summed E-state index contributed by atoms with van der Waals surface area (Å²) in [5.41, 5.74) is 5.45. The Morgan fingerprint density at radius 1 is 1.08 bits per heavy atom. The van der Waals surface area contributed by atoms with E-state index >= 15 is 0 Å². The molecule has 0 unspecified atom stereocenters. The topological polar surface area (TPSA) is 0 Å². The molecule has 0 aromatic heterocycles. The van der Waals surface area contributed by atoms with Crippen molar-refractivity contribution in [3.63, 3.8) is 0 Å². The Morgan fingerprint density at radius 3 is 2.92 bits per heavy atom. The summed E-state index contributed by atoms with van der Waals surface area (Å²) in [5, 5.41) is 0. The summed E-state index contributed by atoms with van der Waals surface area (Å²) >= 11 is 0. The smallest absolute Gasteiger partial charge is 0.183 e. The molecule has 0 saturated heterocycles. The van der Waals surface area contributed by atoms with Gasteiger partial charge in [0.25, 0.3) is 0 Å². The molecule has 2 aliphatic rings. The Labute approximate surface area is 101 Å². The molecule has 57 valence electrons. The van der Waals surface area contributed by atoms with E-state index in [2.05, 4.69) is 49.3 Å². The summed E-state index contributed by atoms with van der Waals surface area (Å²) in [5.74, 6) is 0. The van der Waals surface area contributed by atoms with Crippen LogP contribution in [0.3, 0.4) is 0 Å². The Hall–Kier alpha value is -0.430. The third kappa shape index (κ3) is 1.30. The number of hydrogen-bond donors (Lipinski definition) is 0. The van der Waals surface area contributed by atoms with E-state index in [-0.39, 0.29) is 29.6 Å². The van der Waals surface area contributed by atoms with Crippen LogP contribution in [0, 0.1) is 12.8 Å². The molecular formula is C12H8Na. The predicted octanol–water partition coefficient (Wildman–Crippen LogP) is -0.129. The number of benzene rings is 1. The van der Waals surface area contributed by atoms with Crippen molar-refractivity contribution in [1.82, 2.24) is 0 Å². The summed E-state index contributed by atoms with van der Waals surface area (Å²) in [6.07, 6.45) is 10.8. The van der Waals surface area contributed by atoms with E-state index in [0.29, 0.717) is 0 Å². The van der Waals surface area contributed by atoms with Gasteiger partial charge in [0.1, 0.15) is 0 Å². The van der Waals surface area contributed by atoms with Crippen LogP contribution in [-0.4, -0.2) is 0 Å². The largest absolute Gasteiger partial charge is 1.00 e. The minimum atomic E-state index is 0. The first kappa shape index (κ1) is 9.14. The maximum absolute atomic E-state index is 2.18. The molecule has 3 rings (SSSR count). The molecule has 1 heteroatoms. The molecule has 0 spiro atoms.